The number of nitro benzene ring substituents is 1. The summed E-state index contributed by atoms with van der Waals surface area (Å²) in [4.78, 5) is 14.3. The summed E-state index contributed by atoms with van der Waals surface area (Å²) < 4.78 is 13.6. The van der Waals surface area contributed by atoms with Crippen molar-refractivity contribution in [1.82, 2.24) is 4.98 Å². The summed E-state index contributed by atoms with van der Waals surface area (Å²) in [5.74, 6) is -0.382. The zero-order valence-corrected chi connectivity index (χ0v) is 10.1. The van der Waals surface area contributed by atoms with Gasteiger partial charge in [-0.15, -0.1) is 11.8 Å². The van der Waals surface area contributed by atoms with Gasteiger partial charge in [0.1, 0.15) is 5.82 Å². The van der Waals surface area contributed by atoms with Crippen molar-refractivity contribution in [2.45, 2.75) is 10.8 Å². The fraction of sp³-hybridized carbons (Fsp3) is 0.0833. The van der Waals surface area contributed by atoms with Crippen molar-refractivity contribution in [3.8, 4) is 0 Å². The second-order valence-corrected chi connectivity index (χ2v) is 4.45. The molecule has 92 valence electrons. The average molecular weight is 264 g/mol. The maximum absolute atomic E-state index is 13.6. The van der Waals surface area contributed by atoms with Gasteiger partial charge in [-0.3, -0.25) is 10.1 Å². The van der Waals surface area contributed by atoms with Gasteiger partial charge in [0.05, 0.1) is 15.5 Å². The molecule has 0 saturated carbocycles. The molecule has 6 heteroatoms. The van der Waals surface area contributed by atoms with Gasteiger partial charge in [-0.05, 0) is 18.2 Å². The van der Waals surface area contributed by atoms with E-state index in [1.165, 1.54) is 30.0 Å². The lowest BCUT2D eigenvalue weighted by atomic mass is 10.2. The van der Waals surface area contributed by atoms with E-state index in [2.05, 4.69) is 4.98 Å². The van der Waals surface area contributed by atoms with Gasteiger partial charge in [0, 0.05) is 18.0 Å². The van der Waals surface area contributed by atoms with Crippen LogP contribution in [0.25, 0.3) is 0 Å². The number of halogens is 1. The average Bonchev–Trinajstić information content (AvgIpc) is 2.38. The van der Waals surface area contributed by atoms with Crippen molar-refractivity contribution in [2.24, 2.45) is 0 Å². The Kier molecular flexibility index (Phi) is 3.88. The van der Waals surface area contributed by atoms with Gasteiger partial charge in [-0.1, -0.05) is 12.1 Å². The van der Waals surface area contributed by atoms with Gasteiger partial charge in [0.15, 0.2) is 0 Å². The van der Waals surface area contributed by atoms with Crippen LogP contribution >= 0.6 is 11.8 Å². The molecule has 0 radical (unpaired) electrons. The monoisotopic (exact) mass is 264 g/mol. The molecule has 0 fully saturated rings. The highest BCUT2D eigenvalue weighted by Gasteiger charge is 2.17. The van der Waals surface area contributed by atoms with Gasteiger partial charge >= 0.3 is 0 Å². The first kappa shape index (κ1) is 12.5. The number of hydrogen-bond acceptors (Lipinski definition) is 4. The molecular weight excluding hydrogens is 255 g/mol. The molecule has 0 N–H and O–H groups in total. The van der Waals surface area contributed by atoms with Crippen LogP contribution in [0, 0.1) is 15.9 Å². The number of pyridine rings is 1. The Morgan fingerprint density at radius 2 is 2.11 bits per heavy atom. The minimum absolute atomic E-state index is 0.0955. The lowest BCUT2D eigenvalue weighted by Crippen LogP contribution is -1.97. The summed E-state index contributed by atoms with van der Waals surface area (Å²) in [6.07, 6.45) is 1.62. The molecule has 2 aromatic rings. The topological polar surface area (TPSA) is 56.0 Å². The van der Waals surface area contributed by atoms with Crippen LogP contribution in [0.3, 0.4) is 0 Å². The summed E-state index contributed by atoms with van der Waals surface area (Å²) in [6, 6.07) is 9.22. The largest absolute Gasteiger partial charge is 0.276 e. The molecule has 1 aromatic heterocycles. The van der Waals surface area contributed by atoms with Gasteiger partial charge in [-0.2, -0.15) is 0 Å². The quantitative estimate of drug-likeness (QED) is 0.482. The van der Waals surface area contributed by atoms with Crippen LogP contribution in [-0.4, -0.2) is 9.91 Å². The van der Waals surface area contributed by atoms with Crippen LogP contribution in [-0.2, 0) is 5.75 Å². The smallest absolute Gasteiger partial charge is 0.258 e. The fourth-order valence-corrected chi connectivity index (χ4v) is 2.33. The van der Waals surface area contributed by atoms with E-state index < -0.39 is 10.7 Å². The Bertz CT molecular complexity index is 563. The van der Waals surface area contributed by atoms with Crippen LogP contribution in [0.2, 0.25) is 0 Å². The van der Waals surface area contributed by atoms with E-state index in [0.717, 1.165) is 0 Å². The second-order valence-electron chi connectivity index (χ2n) is 3.45. The van der Waals surface area contributed by atoms with Crippen LogP contribution in [0.5, 0.6) is 0 Å². The van der Waals surface area contributed by atoms with E-state index in [0.29, 0.717) is 5.03 Å². The Morgan fingerprint density at radius 1 is 1.28 bits per heavy atom. The summed E-state index contributed by atoms with van der Waals surface area (Å²) in [5.41, 5.74) is -0.100. The Morgan fingerprint density at radius 3 is 2.78 bits per heavy atom. The fourth-order valence-electron chi connectivity index (χ4n) is 1.44. The van der Waals surface area contributed by atoms with Gasteiger partial charge in [-0.25, -0.2) is 9.37 Å². The molecule has 0 spiro atoms. The molecule has 0 saturated heterocycles. The van der Waals surface area contributed by atoms with Gasteiger partial charge in [0.2, 0.25) is 0 Å². The Balaban J connectivity index is 2.21. The normalized spacial score (nSPS) is 10.3. The molecule has 1 heterocycles. The molecule has 4 nitrogen and oxygen atoms in total. The van der Waals surface area contributed by atoms with E-state index >= 15 is 0 Å². The maximum atomic E-state index is 13.6. The molecule has 0 atom stereocenters. The first-order chi connectivity index (χ1) is 8.68. The third-order valence-electron chi connectivity index (χ3n) is 2.29. The van der Waals surface area contributed by atoms with E-state index in [1.807, 2.05) is 6.07 Å². The lowest BCUT2D eigenvalue weighted by molar-refractivity contribution is -0.385. The zero-order valence-electron chi connectivity index (χ0n) is 9.25. The van der Waals surface area contributed by atoms with E-state index in [1.54, 1.807) is 18.3 Å². The predicted octanol–water partition coefficient (Wildman–Crippen LogP) is 3.42. The maximum Gasteiger partial charge on any atom is 0.276 e. The SMILES string of the molecule is O=[N+]([O-])c1cccc(F)c1CSc1ccccn1. The lowest BCUT2D eigenvalue weighted by Gasteiger charge is -2.03. The first-order valence-corrected chi connectivity index (χ1v) is 6.12. The van der Waals surface area contributed by atoms with Crippen molar-refractivity contribution < 1.29 is 9.31 Å². The van der Waals surface area contributed by atoms with E-state index in [9.17, 15) is 14.5 Å². The number of rotatable bonds is 4. The standard InChI is InChI=1S/C12H9FN2O2S/c13-10-4-3-5-11(15(16)17)9(10)8-18-12-6-1-2-7-14-12/h1-7H,8H2. The zero-order chi connectivity index (χ0) is 13.0. The first-order valence-electron chi connectivity index (χ1n) is 5.14. The van der Waals surface area contributed by atoms with Crippen LogP contribution < -0.4 is 0 Å². The molecule has 18 heavy (non-hydrogen) atoms. The van der Waals surface area contributed by atoms with Crippen molar-refractivity contribution in [2.75, 3.05) is 0 Å². The highest BCUT2D eigenvalue weighted by Crippen LogP contribution is 2.28. The van der Waals surface area contributed by atoms with Crippen LogP contribution in [0.1, 0.15) is 5.56 Å². The third-order valence-corrected chi connectivity index (χ3v) is 3.26. The van der Waals surface area contributed by atoms with Crippen molar-refractivity contribution in [3.05, 3.63) is 64.1 Å². The van der Waals surface area contributed by atoms with Crippen LogP contribution in [0.15, 0.2) is 47.6 Å². The van der Waals surface area contributed by atoms with Crippen LogP contribution in [0.4, 0.5) is 10.1 Å². The second kappa shape index (κ2) is 5.59. The highest BCUT2D eigenvalue weighted by atomic mass is 32.2. The number of nitro groups is 1. The summed E-state index contributed by atoms with van der Waals surface area (Å²) in [5, 5.41) is 11.5. The van der Waals surface area contributed by atoms with Gasteiger partial charge < -0.3 is 0 Å². The minimum Gasteiger partial charge on any atom is -0.258 e. The predicted molar refractivity (Wildman–Crippen MR) is 66.9 cm³/mol. The highest BCUT2D eigenvalue weighted by molar-refractivity contribution is 7.98. The van der Waals surface area contributed by atoms with E-state index in [-0.39, 0.29) is 17.0 Å². The molecular formula is C12H9FN2O2S. The molecule has 0 unspecified atom stereocenters. The van der Waals surface area contributed by atoms with Crippen molar-refractivity contribution in [1.29, 1.82) is 0 Å². The summed E-state index contributed by atoms with van der Waals surface area (Å²) >= 11 is 1.26. The molecule has 0 aliphatic heterocycles. The molecule has 0 aliphatic carbocycles. The molecule has 0 aliphatic rings. The van der Waals surface area contributed by atoms with Gasteiger partial charge in [0.25, 0.3) is 5.69 Å². The number of aromatic nitrogens is 1. The molecule has 0 bridgehead atoms. The number of thioether (sulfide) groups is 1. The third kappa shape index (κ3) is 2.84. The number of nitrogens with zero attached hydrogens (tertiary/aromatic N) is 2. The summed E-state index contributed by atoms with van der Waals surface area (Å²) in [6.45, 7) is 0. The Labute approximate surface area is 107 Å². The number of hydrogen-bond donors (Lipinski definition) is 0. The van der Waals surface area contributed by atoms with E-state index in [4.69, 9.17) is 0 Å². The van der Waals surface area contributed by atoms with Crippen molar-refractivity contribution in [3.63, 3.8) is 0 Å². The number of benzene rings is 1. The van der Waals surface area contributed by atoms with Crippen molar-refractivity contribution >= 4 is 17.4 Å². The molecule has 2 rings (SSSR count). The molecule has 0 amide bonds. The Hall–Kier alpha value is -1.95. The minimum atomic E-state index is -0.572. The summed E-state index contributed by atoms with van der Waals surface area (Å²) in [7, 11) is 0. The molecule has 1 aromatic carbocycles.